The molecule has 0 saturated heterocycles. The van der Waals surface area contributed by atoms with Crippen LogP contribution in [0.1, 0.15) is 5.56 Å². The van der Waals surface area contributed by atoms with Gasteiger partial charge in [0.15, 0.2) is 0 Å². The van der Waals surface area contributed by atoms with Crippen molar-refractivity contribution in [3.05, 3.63) is 76.8 Å². The molecule has 0 saturated carbocycles. The van der Waals surface area contributed by atoms with Gasteiger partial charge >= 0.3 is 6.03 Å². The Kier molecular flexibility index (Phi) is 5.13. The molecule has 1 heterocycles. The topological polar surface area (TPSA) is 59.0 Å². The predicted molar refractivity (Wildman–Crippen MR) is 91.7 cm³/mol. The first-order valence-corrected chi connectivity index (χ1v) is 7.78. The number of hydrogen-bond acceptors (Lipinski definition) is 2. The molecule has 0 aliphatic rings. The maximum Gasteiger partial charge on any atom is 0.323 e. The number of nitrogens with zero attached hydrogens (tertiary/aromatic N) is 2. The molecule has 0 fully saturated rings. The number of halogens is 4. The summed E-state index contributed by atoms with van der Waals surface area (Å²) in [5.41, 5.74) is 0.397. The van der Waals surface area contributed by atoms with E-state index < -0.39 is 23.5 Å². The smallest absolute Gasteiger partial charge is 0.305 e. The van der Waals surface area contributed by atoms with Gasteiger partial charge in [0.1, 0.15) is 17.5 Å². The second-order valence-electron chi connectivity index (χ2n) is 5.33. The van der Waals surface area contributed by atoms with Crippen LogP contribution in [-0.2, 0) is 6.54 Å². The molecule has 0 bridgehead atoms. The third-order valence-electron chi connectivity index (χ3n) is 3.45. The summed E-state index contributed by atoms with van der Waals surface area (Å²) in [4.78, 5) is 11.9. The van der Waals surface area contributed by atoms with Gasteiger partial charge in [-0.2, -0.15) is 5.10 Å². The fourth-order valence-corrected chi connectivity index (χ4v) is 2.46. The van der Waals surface area contributed by atoms with Gasteiger partial charge in [-0.3, -0.25) is 4.68 Å². The van der Waals surface area contributed by atoms with Gasteiger partial charge < -0.3 is 10.6 Å². The Morgan fingerprint density at radius 3 is 2.65 bits per heavy atom. The van der Waals surface area contributed by atoms with Crippen molar-refractivity contribution in [2.75, 3.05) is 10.6 Å². The Morgan fingerprint density at radius 2 is 1.92 bits per heavy atom. The van der Waals surface area contributed by atoms with Gasteiger partial charge in [0, 0.05) is 22.8 Å². The highest BCUT2D eigenvalue weighted by atomic mass is 35.5. The van der Waals surface area contributed by atoms with Crippen molar-refractivity contribution in [2.45, 2.75) is 6.54 Å². The molecule has 2 amide bonds. The second kappa shape index (κ2) is 7.49. The molecule has 1 aromatic heterocycles. The van der Waals surface area contributed by atoms with Gasteiger partial charge in [0.25, 0.3) is 0 Å². The molecule has 0 unspecified atom stereocenters. The number of carbonyl (C=O) groups is 1. The number of anilines is 2. The molecule has 134 valence electrons. The molecule has 26 heavy (non-hydrogen) atoms. The molecule has 0 aliphatic heterocycles. The predicted octanol–water partition coefficient (Wildman–Crippen LogP) is 4.65. The highest BCUT2D eigenvalue weighted by Gasteiger charge is 2.11. The van der Waals surface area contributed by atoms with Gasteiger partial charge in [-0.25, -0.2) is 18.0 Å². The van der Waals surface area contributed by atoms with Crippen LogP contribution in [0.4, 0.5) is 29.3 Å². The number of amides is 2. The minimum Gasteiger partial charge on any atom is -0.305 e. The highest BCUT2D eigenvalue weighted by Crippen LogP contribution is 2.20. The molecule has 2 aromatic carbocycles. The molecule has 0 aliphatic carbocycles. The quantitative estimate of drug-likeness (QED) is 0.692. The molecule has 0 radical (unpaired) electrons. The van der Waals surface area contributed by atoms with E-state index in [0.29, 0.717) is 11.8 Å². The summed E-state index contributed by atoms with van der Waals surface area (Å²) < 4.78 is 41.6. The molecule has 3 rings (SSSR count). The Labute approximate surface area is 151 Å². The van der Waals surface area contributed by atoms with Crippen molar-refractivity contribution in [3.63, 3.8) is 0 Å². The van der Waals surface area contributed by atoms with Crippen LogP contribution in [0.3, 0.4) is 0 Å². The average Bonchev–Trinajstić information content (AvgIpc) is 3.01. The largest absolute Gasteiger partial charge is 0.323 e. The lowest BCUT2D eigenvalue weighted by molar-refractivity contribution is 0.262. The Morgan fingerprint density at radius 1 is 1.12 bits per heavy atom. The first-order valence-electron chi connectivity index (χ1n) is 7.41. The van der Waals surface area contributed by atoms with Gasteiger partial charge in [0.2, 0.25) is 0 Å². The number of carbonyl (C=O) groups excluding carboxylic acids is 1. The maximum absolute atomic E-state index is 13.8. The number of urea groups is 1. The van der Waals surface area contributed by atoms with E-state index in [1.54, 1.807) is 6.07 Å². The molecule has 0 spiro atoms. The minimum atomic E-state index is -0.898. The molecule has 9 heteroatoms. The maximum atomic E-state index is 13.8. The van der Waals surface area contributed by atoms with Gasteiger partial charge in [-0.15, -0.1) is 0 Å². The third-order valence-corrected chi connectivity index (χ3v) is 3.81. The van der Waals surface area contributed by atoms with E-state index in [2.05, 4.69) is 15.7 Å². The molecule has 3 aromatic rings. The van der Waals surface area contributed by atoms with Crippen LogP contribution in [0.2, 0.25) is 5.02 Å². The Bertz CT molecular complexity index is 941. The van der Waals surface area contributed by atoms with Crippen LogP contribution < -0.4 is 10.6 Å². The lowest BCUT2D eigenvalue weighted by Gasteiger charge is -2.07. The van der Waals surface area contributed by atoms with Crippen LogP contribution in [0.25, 0.3) is 0 Å². The van der Waals surface area contributed by atoms with Crippen LogP contribution in [0.5, 0.6) is 0 Å². The van der Waals surface area contributed by atoms with Crippen LogP contribution >= 0.6 is 11.6 Å². The second-order valence-corrected chi connectivity index (χ2v) is 5.74. The average molecular weight is 381 g/mol. The summed E-state index contributed by atoms with van der Waals surface area (Å²) in [6, 6.07) is 6.39. The van der Waals surface area contributed by atoms with Crippen molar-refractivity contribution in [2.24, 2.45) is 0 Å². The zero-order chi connectivity index (χ0) is 18.7. The summed E-state index contributed by atoms with van der Waals surface area (Å²) in [5, 5.41) is 8.97. The van der Waals surface area contributed by atoms with E-state index in [-0.39, 0.29) is 22.8 Å². The van der Waals surface area contributed by atoms with Crippen LogP contribution in [-0.4, -0.2) is 15.8 Å². The Balaban J connectivity index is 1.65. The number of hydrogen-bond donors (Lipinski definition) is 2. The number of rotatable bonds is 4. The van der Waals surface area contributed by atoms with E-state index in [0.717, 1.165) is 12.1 Å². The van der Waals surface area contributed by atoms with Gasteiger partial charge in [-0.05, 0) is 24.3 Å². The van der Waals surface area contributed by atoms with Gasteiger partial charge in [0.05, 0.1) is 24.1 Å². The van der Waals surface area contributed by atoms with Crippen molar-refractivity contribution < 1.29 is 18.0 Å². The summed E-state index contributed by atoms with van der Waals surface area (Å²) in [5.74, 6) is -2.11. The van der Waals surface area contributed by atoms with Crippen LogP contribution in [0, 0.1) is 17.5 Å². The number of aromatic nitrogens is 2. The normalized spacial score (nSPS) is 10.6. The molecule has 5 nitrogen and oxygen atoms in total. The lowest BCUT2D eigenvalue weighted by Crippen LogP contribution is -2.19. The molecular weight excluding hydrogens is 369 g/mol. The van der Waals surface area contributed by atoms with Crippen LogP contribution in [0.15, 0.2) is 48.8 Å². The lowest BCUT2D eigenvalue weighted by atomic mass is 10.2. The fourth-order valence-electron chi connectivity index (χ4n) is 2.24. The van der Waals surface area contributed by atoms with Crippen molar-refractivity contribution in [3.8, 4) is 0 Å². The highest BCUT2D eigenvalue weighted by molar-refractivity contribution is 6.31. The van der Waals surface area contributed by atoms with E-state index in [1.807, 2.05) is 0 Å². The zero-order valence-electron chi connectivity index (χ0n) is 13.1. The summed E-state index contributed by atoms with van der Waals surface area (Å²) in [7, 11) is 0. The summed E-state index contributed by atoms with van der Waals surface area (Å²) in [6.45, 7) is 0.0708. The third kappa shape index (κ3) is 4.15. The summed E-state index contributed by atoms with van der Waals surface area (Å²) >= 11 is 5.96. The zero-order valence-corrected chi connectivity index (χ0v) is 13.9. The monoisotopic (exact) mass is 380 g/mol. The van der Waals surface area contributed by atoms with Crippen molar-refractivity contribution in [1.29, 1.82) is 0 Å². The standard InChI is InChI=1S/C17H12ClF3N4O/c18-13-2-1-3-14(20)12(13)9-25-8-11(7-22-25)23-17(26)24-16-5-4-10(19)6-15(16)21/h1-8H,9H2,(H2,23,24,26). The van der Waals surface area contributed by atoms with E-state index >= 15 is 0 Å². The van der Waals surface area contributed by atoms with E-state index in [4.69, 9.17) is 11.6 Å². The fraction of sp³-hybridized carbons (Fsp3) is 0.0588. The first-order chi connectivity index (χ1) is 12.4. The van der Waals surface area contributed by atoms with E-state index in [9.17, 15) is 18.0 Å². The minimum absolute atomic E-state index is 0.0708. The number of benzene rings is 2. The Hall–Kier alpha value is -3.00. The summed E-state index contributed by atoms with van der Waals surface area (Å²) in [6.07, 6.45) is 2.80. The molecule has 0 atom stereocenters. The number of nitrogens with one attached hydrogen (secondary N) is 2. The SMILES string of the molecule is O=C(Nc1cnn(Cc2c(F)cccc2Cl)c1)Nc1ccc(F)cc1F. The van der Waals surface area contributed by atoms with Gasteiger partial charge in [-0.1, -0.05) is 17.7 Å². The molecule has 2 N–H and O–H groups in total. The first kappa shape index (κ1) is 17.8. The molecular formula is C17H12ClF3N4O. The van der Waals surface area contributed by atoms with Crippen molar-refractivity contribution >= 4 is 29.0 Å². The van der Waals surface area contributed by atoms with E-state index in [1.165, 1.54) is 29.2 Å². The van der Waals surface area contributed by atoms with Crippen molar-refractivity contribution in [1.82, 2.24) is 9.78 Å².